The highest BCUT2D eigenvalue weighted by Gasteiger charge is 2.09. The lowest BCUT2D eigenvalue weighted by Gasteiger charge is -1.94. The van der Waals surface area contributed by atoms with E-state index in [1.54, 1.807) is 0 Å². The van der Waals surface area contributed by atoms with Crippen LogP contribution in [0.2, 0.25) is 0 Å². The molecule has 46 valence electrons. The Balaban J connectivity index is 2.95. The number of hydrogen-bond donors (Lipinski definition) is 0. The van der Waals surface area contributed by atoms with Crippen LogP contribution in [0.3, 0.4) is 0 Å². The maximum absolute atomic E-state index is 10.5. The minimum atomic E-state index is -0.466. The van der Waals surface area contributed by atoms with E-state index in [2.05, 4.69) is 10.2 Å². The van der Waals surface area contributed by atoms with Crippen molar-refractivity contribution in [3.63, 3.8) is 0 Å². The van der Waals surface area contributed by atoms with Gasteiger partial charge in [0.25, 0.3) is 11.8 Å². The van der Waals surface area contributed by atoms with Crippen LogP contribution in [-0.2, 0) is 9.59 Å². The molecule has 2 amide bonds. The third kappa shape index (κ3) is 1.07. The fourth-order valence-electron chi connectivity index (χ4n) is 0.449. The molecule has 0 atom stereocenters. The van der Waals surface area contributed by atoms with Gasteiger partial charge in [0.05, 0.1) is 0 Å². The van der Waals surface area contributed by atoms with Crippen LogP contribution in [0.5, 0.6) is 0 Å². The average molecular weight is 124 g/mol. The summed E-state index contributed by atoms with van der Waals surface area (Å²) in [4.78, 5) is 20.8. The van der Waals surface area contributed by atoms with Crippen LogP contribution in [0.25, 0.3) is 0 Å². The Morgan fingerprint density at radius 2 is 2.00 bits per heavy atom. The zero-order valence-electron chi connectivity index (χ0n) is 4.79. The van der Waals surface area contributed by atoms with Gasteiger partial charge in [-0.2, -0.15) is 0 Å². The van der Waals surface area contributed by atoms with Gasteiger partial charge in [0.2, 0.25) is 0 Å². The minimum Gasteiger partial charge on any atom is -0.266 e. The van der Waals surface area contributed by atoms with Crippen LogP contribution in [-0.4, -0.2) is 11.8 Å². The molecule has 1 aliphatic heterocycles. The van der Waals surface area contributed by atoms with E-state index in [1.807, 2.05) is 0 Å². The summed E-state index contributed by atoms with van der Waals surface area (Å²) in [5.41, 5.74) is 0.343. The Bertz CT molecular complexity index is 227. The van der Waals surface area contributed by atoms with Crippen molar-refractivity contribution in [2.24, 2.45) is 10.2 Å². The zero-order chi connectivity index (χ0) is 6.85. The van der Waals surface area contributed by atoms with Crippen molar-refractivity contribution in [1.29, 1.82) is 0 Å². The average Bonchev–Trinajstić information content (AvgIpc) is 1.80. The zero-order valence-corrected chi connectivity index (χ0v) is 4.79. The number of carbonyl (C=O) groups is 2. The first-order valence-electron chi connectivity index (χ1n) is 2.38. The van der Waals surface area contributed by atoms with Gasteiger partial charge in [0, 0.05) is 11.6 Å². The molecule has 0 saturated carbocycles. The second-order valence-electron chi connectivity index (χ2n) is 1.67. The molecule has 4 nitrogen and oxygen atoms in total. The number of amides is 2. The fourth-order valence-corrected chi connectivity index (χ4v) is 0.449. The second-order valence-corrected chi connectivity index (χ2v) is 1.67. The molecular formula is C5H4N2O2. The van der Waals surface area contributed by atoms with E-state index in [1.165, 1.54) is 6.92 Å². The van der Waals surface area contributed by atoms with Gasteiger partial charge in [0.1, 0.15) is 0 Å². The minimum absolute atomic E-state index is 0.343. The molecule has 0 unspecified atom stereocenters. The van der Waals surface area contributed by atoms with Crippen molar-refractivity contribution in [3.8, 4) is 0 Å². The first-order chi connectivity index (χ1) is 4.20. The predicted molar refractivity (Wildman–Crippen MR) is 28.6 cm³/mol. The molecule has 1 aliphatic rings. The van der Waals surface area contributed by atoms with Gasteiger partial charge in [-0.3, -0.25) is 9.59 Å². The molecular weight excluding hydrogens is 120 g/mol. The first-order valence-corrected chi connectivity index (χ1v) is 2.38. The van der Waals surface area contributed by atoms with E-state index in [4.69, 9.17) is 0 Å². The van der Waals surface area contributed by atoms with E-state index in [0.29, 0.717) is 5.57 Å². The van der Waals surface area contributed by atoms with Crippen molar-refractivity contribution in [3.05, 3.63) is 11.6 Å². The largest absolute Gasteiger partial charge is 0.291 e. The van der Waals surface area contributed by atoms with Gasteiger partial charge < -0.3 is 0 Å². The SMILES string of the molecule is CC1=CC(=O)N=NC1=O. The van der Waals surface area contributed by atoms with Crippen molar-refractivity contribution in [2.45, 2.75) is 6.92 Å². The molecule has 1 heterocycles. The highest BCUT2D eigenvalue weighted by atomic mass is 16.2. The lowest BCUT2D eigenvalue weighted by molar-refractivity contribution is -0.119. The molecule has 0 radical (unpaired) electrons. The van der Waals surface area contributed by atoms with Crippen molar-refractivity contribution in [1.82, 2.24) is 0 Å². The maximum atomic E-state index is 10.5. The summed E-state index contributed by atoms with van der Waals surface area (Å²) in [5, 5.41) is 6.08. The van der Waals surface area contributed by atoms with Gasteiger partial charge in [-0.05, 0) is 6.92 Å². The summed E-state index contributed by atoms with van der Waals surface area (Å²) in [6, 6.07) is 0. The Morgan fingerprint density at radius 3 is 2.44 bits per heavy atom. The van der Waals surface area contributed by atoms with Gasteiger partial charge in [-0.15, -0.1) is 10.2 Å². The first kappa shape index (κ1) is 5.81. The Morgan fingerprint density at radius 1 is 1.33 bits per heavy atom. The Hall–Kier alpha value is -1.32. The molecule has 0 bridgehead atoms. The summed E-state index contributed by atoms with van der Waals surface area (Å²) in [5.74, 6) is -0.901. The van der Waals surface area contributed by atoms with Gasteiger partial charge in [0.15, 0.2) is 0 Å². The molecule has 0 saturated heterocycles. The normalized spacial score (nSPS) is 18.1. The summed E-state index contributed by atoms with van der Waals surface area (Å²) in [6.07, 6.45) is 1.16. The highest BCUT2D eigenvalue weighted by Crippen LogP contribution is 2.02. The lowest BCUT2D eigenvalue weighted by Crippen LogP contribution is -2.03. The van der Waals surface area contributed by atoms with Crippen molar-refractivity contribution in [2.75, 3.05) is 0 Å². The van der Waals surface area contributed by atoms with E-state index < -0.39 is 11.8 Å². The standard InChI is InChI=1S/C5H4N2O2/c1-3-2-4(8)6-7-5(3)9/h2H,1H3. The molecule has 0 aromatic carbocycles. The summed E-state index contributed by atoms with van der Waals surface area (Å²) in [7, 11) is 0. The number of nitrogens with zero attached hydrogens (tertiary/aromatic N) is 2. The third-order valence-electron chi connectivity index (χ3n) is 0.917. The van der Waals surface area contributed by atoms with Crippen molar-refractivity contribution < 1.29 is 9.59 Å². The molecule has 0 N–H and O–H groups in total. The molecule has 4 heteroatoms. The summed E-state index contributed by atoms with van der Waals surface area (Å²) in [6.45, 7) is 1.53. The van der Waals surface area contributed by atoms with E-state index in [0.717, 1.165) is 6.08 Å². The van der Waals surface area contributed by atoms with Gasteiger partial charge >= 0.3 is 0 Å². The molecule has 9 heavy (non-hydrogen) atoms. The van der Waals surface area contributed by atoms with Crippen LogP contribution < -0.4 is 0 Å². The number of rotatable bonds is 0. The third-order valence-corrected chi connectivity index (χ3v) is 0.917. The van der Waals surface area contributed by atoms with E-state index in [9.17, 15) is 9.59 Å². The van der Waals surface area contributed by atoms with E-state index >= 15 is 0 Å². The fraction of sp³-hybridized carbons (Fsp3) is 0.200. The van der Waals surface area contributed by atoms with Crippen molar-refractivity contribution >= 4 is 11.8 Å². The topological polar surface area (TPSA) is 58.9 Å². The number of azo groups is 1. The quantitative estimate of drug-likeness (QED) is 0.470. The number of hydrogen-bond acceptors (Lipinski definition) is 2. The lowest BCUT2D eigenvalue weighted by atomic mass is 10.2. The second kappa shape index (κ2) is 1.89. The summed E-state index contributed by atoms with van der Waals surface area (Å²) < 4.78 is 0. The molecule has 0 aromatic heterocycles. The molecule has 0 aliphatic carbocycles. The van der Waals surface area contributed by atoms with E-state index in [-0.39, 0.29) is 0 Å². The maximum Gasteiger partial charge on any atom is 0.291 e. The Labute approximate surface area is 51.3 Å². The van der Waals surface area contributed by atoms with Gasteiger partial charge in [-0.1, -0.05) is 0 Å². The van der Waals surface area contributed by atoms with Crippen LogP contribution >= 0.6 is 0 Å². The molecule has 1 rings (SSSR count). The van der Waals surface area contributed by atoms with Crippen LogP contribution in [0, 0.1) is 0 Å². The number of carbonyl (C=O) groups excluding carboxylic acids is 2. The van der Waals surface area contributed by atoms with Gasteiger partial charge in [-0.25, -0.2) is 0 Å². The molecule has 0 aromatic rings. The Kier molecular flexibility index (Phi) is 1.22. The predicted octanol–water partition coefficient (Wildman–Crippen LogP) is 0.452. The molecule has 0 fully saturated rings. The van der Waals surface area contributed by atoms with Crippen LogP contribution in [0.4, 0.5) is 0 Å². The van der Waals surface area contributed by atoms with Crippen LogP contribution in [0.15, 0.2) is 21.9 Å². The smallest absolute Gasteiger partial charge is 0.266 e. The highest BCUT2D eigenvalue weighted by molar-refractivity contribution is 6.04. The molecule has 0 spiro atoms. The monoisotopic (exact) mass is 124 g/mol. The summed E-state index contributed by atoms with van der Waals surface area (Å²) >= 11 is 0. The van der Waals surface area contributed by atoms with Crippen LogP contribution in [0.1, 0.15) is 6.92 Å².